The van der Waals surface area contributed by atoms with Crippen molar-refractivity contribution in [3.05, 3.63) is 35.4 Å². The average molecular weight is 429 g/mol. The molecule has 0 spiro atoms. The second-order valence-corrected chi connectivity index (χ2v) is 8.08. The Morgan fingerprint density at radius 1 is 1.21 bits per heavy atom. The number of alkyl halides is 3. The van der Waals surface area contributed by atoms with Crippen LogP contribution in [-0.2, 0) is 15.8 Å². The molecule has 0 radical (unpaired) electrons. The minimum Gasteiger partial charge on any atom is -0.347 e. The van der Waals surface area contributed by atoms with E-state index in [4.69, 9.17) is 0 Å². The SMILES string of the molecule is O=C(CCN1CCSC1=O)N[C@H](CN1CCCC1=O)c1cccc(C(F)(F)F)c1. The standard InChI is InChI=1S/C19H22F3N3O3S/c20-19(21,22)14-4-1-3-13(11-14)15(12-25-7-2-5-17(25)27)23-16(26)6-8-24-9-10-29-18(24)28/h1,3-4,11,15H,2,5-10,12H2,(H,23,26)/t15-/m1/s1. The predicted molar refractivity (Wildman–Crippen MR) is 102 cm³/mol. The van der Waals surface area contributed by atoms with Gasteiger partial charge in [-0.3, -0.25) is 14.4 Å². The van der Waals surface area contributed by atoms with Crippen LogP contribution in [0.2, 0.25) is 0 Å². The molecule has 2 fully saturated rings. The molecule has 0 aromatic heterocycles. The molecule has 2 saturated heterocycles. The van der Waals surface area contributed by atoms with Gasteiger partial charge in [0.25, 0.3) is 5.24 Å². The smallest absolute Gasteiger partial charge is 0.347 e. The normalized spacial score (nSPS) is 18.4. The maximum Gasteiger partial charge on any atom is 0.416 e. The van der Waals surface area contributed by atoms with E-state index in [1.54, 1.807) is 9.80 Å². The Labute approximate surface area is 170 Å². The molecule has 0 bridgehead atoms. The van der Waals surface area contributed by atoms with Gasteiger partial charge in [0.1, 0.15) is 0 Å². The van der Waals surface area contributed by atoms with Crippen molar-refractivity contribution in [2.24, 2.45) is 0 Å². The fourth-order valence-electron chi connectivity index (χ4n) is 3.42. The van der Waals surface area contributed by atoms with Crippen LogP contribution < -0.4 is 5.32 Å². The fraction of sp³-hybridized carbons (Fsp3) is 0.526. The third-order valence-corrected chi connectivity index (χ3v) is 5.87. The monoisotopic (exact) mass is 429 g/mol. The van der Waals surface area contributed by atoms with Gasteiger partial charge in [0.05, 0.1) is 11.6 Å². The Balaban J connectivity index is 1.71. The molecule has 0 unspecified atom stereocenters. The van der Waals surface area contributed by atoms with Gasteiger partial charge < -0.3 is 15.1 Å². The van der Waals surface area contributed by atoms with E-state index in [-0.39, 0.29) is 36.6 Å². The van der Waals surface area contributed by atoms with E-state index in [0.29, 0.717) is 37.2 Å². The van der Waals surface area contributed by atoms with E-state index in [9.17, 15) is 27.6 Å². The van der Waals surface area contributed by atoms with Gasteiger partial charge in [-0.05, 0) is 24.1 Å². The lowest BCUT2D eigenvalue weighted by atomic mass is 10.0. The fourth-order valence-corrected chi connectivity index (χ4v) is 4.27. The number of likely N-dealkylation sites (tertiary alicyclic amines) is 1. The first-order valence-electron chi connectivity index (χ1n) is 9.40. The van der Waals surface area contributed by atoms with Gasteiger partial charge in [0, 0.05) is 44.8 Å². The molecule has 6 nitrogen and oxygen atoms in total. The molecule has 2 heterocycles. The van der Waals surface area contributed by atoms with Gasteiger partial charge in [0.2, 0.25) is 11.8 Å². The molecule has 158 valence electrons. The Hall–Kier alpha value is -2.23. The number of hydrogen-bond donors (Lipinski definition) is 1. The van der Waals surface area contributed by atoms with Crippen molar-refractivity contribution in [2.75, 3.05) is 31.9 Å². The molecule has 29 heavy (non-hydrogen) atoms. The molecule has 10 heteroatoms. The molecule has 3 amide bonds. The molecule has 2 aliphatic heterocycles. The second kappa shape index (κ2) is 9.06. The van der Waals surface area contributed by atoms with Crippen LogP contribution in [0.3, 0.4) is 0 Å². The number of amides is 3. The Morgan fingerprint density at radius 2 is 2.00 bits per heavy atom. The van der Waals surface area contributed by atoms with Gasteiger partial charge in [-0.1, -0.05) is 23.9 Å². The third kappa shape index (κ3) is 5.65. The van der Waals surface area contributed by atoms with Gasteiger partial charge >= 0.3 is 6.18 Å². The summed E-state index contributed by atoms with van der Waals surface area (Å²) in [6, 6.07) is 4.03. The molecule has 1 atom stereocenters. The van der Waals surface area contributed by atoms with E-state index in [0.717, 1.165) is 12.1 Å². The largest absolute Gasteiger partial charge is 0.416 e. The number of benzene rings is 1. The molecule has 0 saturated carbocycles. The lowest BCUT2D eigenvalue weighted by Crippen LogP contribution is -2.39. The maximum absolute atomic E-state index is 13.1. The summed E-state index contributed by atoms with van der Waals surface area (Å²) in [6.07, 6.45) is -3.35. The average Bonchev–Trinajstić information content (AvgIpc) is 3.27. The molecular weight excluding hydrogens is 407 g/mol. The number of hydrogen-bond acceptors (Lipinski definition) is 4. The van der Waals surface area contributed by atoms with Crippen molar-refractivity contribution >= 4 is 28.8 Å². The molecular formula is C19H22F3N3O3S. The summed E-state index contributed by atoms with van der Waals surface area (Å²) >= 11 is 1.20. The van der Waals surface area contributed by atoms with Crippen LogP contribution in [0.15, 0.2) is 24.3 Å². The van der Waals surface area contributed by atoms with Crippen molar-refractivity contribution in [1.82, 2.24) is 15.1 Å². The predicted octanol–water partition coefficient (Wildman–Crippen LogP) is 3.04. The number of nitrogens with zero attached hydrogens (tertiary/aromatic N) is 2. The summed E-state index contributed by atoms with van der Waals surface area (Å²) in [6.45, 7) is 1.47. The van der Waals surface area contributed by atoms with Crippen molar-refractivity contribution < 1.29 is 27.6 Å². The lowest BCUT2D eigenvalue weighted by molar-refractivity contribution is -0.137. The highest BCUT2D eigenvalue weighted by atomic mass is 32.2. The minimum atomic E-state index is -4.50. The lowest BCUT2D eigenvalue weighted by Gasteiger charge is -2.26. The quantitative estimate of drug-likeness (QED) is 0.724. The summed E-state index contributed by atoms with van der Waals surface area (Å²) in [5, 5.41) is 2.68. The van der Waals surface area contributed by atoms with Crippen LogP contribution in [0.1, 0.15) is 36.4 Å². The minimum absolute atomic E-state index is 0.0513. The van der Waals surface area contributed by atoms with Crippen molar-refractivity contribution in [2.45, 2.75) is 31.5 Å². The number of thioether (sulfide) groups is 1. The third-order valence-electron chi connectivity index (χ3n) is 4.98. The maximum atomic E-state index is 13.1. The summed E-state index contributed by atoms with van der Waals surface area (Å²) in [5.41, 5.74) is -0.512. The van der Waals surface area contributed by atoms with Gasteiger partial charge in [-0.2, -0.15) is 13.2 Å². The van der Waals surface area contributed by atoms with Crippen molar-refractivity contribution in [3.8, 4) is 0 Å². The van der Waals surface area contributed by atoms with Crippen molar-refractivity contribution in [3.63, 3.8) is 0 Å². The first kappa shape index (κ1) is 21.5. The zero-order chi connectivity index (χ0) is 21.0. The van der Waals surface area contributed by atoms with Crippen LogP contribution in [0.25, 0.3) is 0 Å². The highest BCUT2D eigenvalue weighted by Crippen LogP contribution is 2.31. The molecule has 0 aliphatic carbocycles. The topological polar surface area (TPSA) is 69.7 Å². The Bertz CT molecular complexity index is 787. The first-order chi connectivity index (χ1) is 13.7. The number of halogens is 3. The van der Waals surface area contributed by atoms with Crippen LogP contribution in [0, 0.1) is 0 Å². The second-order valence-electron chi connectivity index (χ2n) is 7.04. The molecule has 3 rings (SSSR count). The number of carbonyl (C=O) groups is 3. The number of nitrogens with one attached hydrogen (secondary N) is 1. The highest BCUT2D eigenvalue weighted by Gasteiger charge is 2.32. The molecule has 1 aromatic rings. The van der Waals surface area contributed by atoms with Gasteiger partial charge in [-0.15, -0.1) is 0 Å². The van der Waals surface area contributed by atoms with E-state index >= 15 is 0 Å². The molecule has 2 aliphatic rings. The van der Waals surface area contributed by atoms with Crippen LogP contribution in [0.5, 0.6) is 0 Å². The van der Waals surface area contributed by atoms with Crippen LogP contribution in [0.4, 0.5) is 18.0 Å². The van der Waals surface area contributed by atoms with Crippen LogP contribution >= 0.6 is 11.8 Å². The Morgan fingerprint density at radius 3 is 2.62 bits per heavy atom. The number of carbonyl (C=O) groups excluding carboxylic acids is 3. The van der Waals surface area contributed by atoms with E-state index < -0.39 is 17.8 Å². The van der Waals surface area contributed by atoms with Crippen LogP contribution in [-0.4, -0.2) is 58.8 Å². The van der Waals surface area contributed by atoms with E-state index in [1.807, 2.05) is 0 Å². The summed E-state index contributed by atoms with van der Waals surface area (Å²) < 4.78 is 39.3. The summed E-state index contributed by atoms with van der Waals surface area (Å²) in [4.78, 5) is 39.2. The molecule has 1 aromatic carbocycles. The van der Waals surface area contributed by atoms with Gasteiger partial charge in [0.15, 0.2) is 0 Å². The molecule has 1 N–H and O–H groups in total. The summed E-state index contributed by atoms with van der Waals surface area (Å²) in [5.74, 6) is 0.240. The zero-order valence-electron chi connectivity index (χ0n) is 15.7. The highest BCUT2D eigenvalue weighted by molar-refractivity contribution is 8.13. The van der Waals surface area contributed by atoms with Crippen molar-refractivity contribution in [1.29, 1.82) is 0 Å². The van der Waals surface area contributed by atoms with E-state index in [2.05, 4.69) is 5.32 Å². The van der Waals surface area contributed by atoms with E-state index in [1.165, 1.54) is 23.9 Å². The Kier molecular flexibility index (Phi) is 6.71. The first-order valence-corrected chi connectivity index (χ1v) is 10.4. The summed E-state index contributed by atoms with van der Waals surface area (Å²) in [7, 11) is 0. The van der Waals surface area contributed by atoms with Gasteiger partial charge in [-0.25, -0.2) is 0 Å². The number of rotatable bonds is 7. The zero-order valence-corrected chi connectivity index (χ0v) is 16.5.